The van der Waals surface area contributed by atoms with Crippen LogP contribution in [0, 0.1) is 12.3 Å². The molecule has 3 nitrogen and oxygen atoms in total. The highest BCUT2D eigenvalue weighted by Gasteiger charge is 2.53. The van der Waals surface area contributed by atoms with E-state index in [1.807, 2.05) is 0 Å². The van der Waals surface area contributed by atoms with E-state index in [0.717, 1.165) is 18.5 Å². The topological polar surface area (TPSA) is 42.0 Å². The lowest BCUT2D eigenvalue weighted by atomic mass is 9.52. The number of aryl methyl sites for hydroxylation is 1. The molecule has 0 spiro atoms. The van der Waals surface area contributed by atoms with Gasteiger partial charge in [-0.2, -0.15) is 0 Å². The lowest BCUT2D eigenvalue weighted by Crippen LogP contribution is -2.47. The Bertz CT molecular complexity index is 1310. The molecule has 0 aliphatic heterocycles. The summed E-state index contributed by atoms with van der Waals surface area (Å²) in [5, 5.41) is 5.92. The number of aromatic nitrogens is 1. The van der Waals surface area contributed by atoms with E-state index in [9.17, 15) is 4.79 Å². The van der Waals surface area contributed by atoms with Crippen molar-refractivity contribution in [3.05, 3.63) is 117 Å². The Hall–Kier alpha value is -3.24. The zero-order chi connectivity index (χ0) is 22.6. The van der Waals surface area contributed by atoms with Crippen LogP contribution in [0.2, 0.25) is 0 Å². The van der Waals surface area contributed by atoms with Crippen molar-refractivity contribution in [2.24, 2.45) is 5.41 Å². The van der Waals surface area contributed by atoms with Crippen LogP contribution in [0.4, 0.5) is 5.13 Å². The van der Waals surface area contributed by atoms with Crippen LogP contribution in [-0.2, 0) is 11.2 Å². The van der Waals surface area contributed by atoms with Crippen molar-refractivity contribution in [1.29, 1.82) is 0 Å². The molecule has 1 N–H and O–H groups in total. The second kappa shape index (κ2) is 7.67. The molecule has 4 aromatic rings. The average Bonchev–Trinajstić information content (AvgIpc) is 3.27. The number of hydrogen-bond acceptors (Lipinski definition) is 3. The van der Waals surface area contributed by atoms with Crippen LogP contribution >= 0.6 is 11.3 Å². The van der Waals surface area contributed by atoms with Crippen LogP contribution in [0.15, 0.2) is 78.2 Å². The number of anilines is 1. The lowest BCUT2D eigenvalue weighted by molar-refractivity contribution is -0.126. The van der Waals surface area contributed by atoms with Crippen LogP contribution in [0.3, 0.4) is 0 Å². The molecule has 4 heteroatoms. The average molecular weight is 451 g/mol. The van der Waals surface area contributed by atoms with Gasteiger partial charge in [0.15, 0.2) is 5.13 Å². The molecule has 0 saturated carbocycles. The molecule has 7 rings (SSSR count). The summed E-state index contributed by atoms with van der Waals surface area (Å²) in [5.74, 6) is 0.381. The fourth-order valence-corrected chi connectivity index (χ4v) is 6.50. The van der Waals surface area contributed by atoms with Gasteiger partial charge >= 0.3 is 0 Å². The van der Waals surface area contributed by atoms with Gasteiger partial charge in [0.1, 0.15) is 0 Å². The second-order valence-corrected chi connectivity index (χ2v) is 10.5. The van der Waals surface area contributed by atoms with E-state index in [1.54, 1.807) is 0 Å². The fraction of sp³-hybridized carbons (Fsp3) is 0.241. The predicted molar refractivity (Wildman–Crippen MR) is 134 cm³/mol. The van der Waals surface area contributed by atoms with Crippen molar-refractivity contribution in [2.45, 2.75) is 38.5 Å². The van der Waals surface area contributed by atoms with Gasteiger partial charge in [0.2, 0.25) is 5.91 Å². The smallest absolute Gasteiger partial charge is 0.233 e. The van der Waals surface area contributed by atoms with Gasteiger partial charge in [-0.05, 0) is 48.1 Å². The van der Waals surface area contributed by atoms with Gasteiger partial charge in [0.25, 0.3) is 0 Å². The molecule has 1 aromatic heterocycles. The minimum absolute atomic E-state index is 0.0573. The summed E-state index contributed by atoms with van der Waals surface area (Å²) in [5.41, 5.74) is 8.30. The summed E-state index contributed by atoms with van der Waals surface area (Å²) in [7, 11) is 0. The first kappa shape index (κ1) is 20.4. The minimum atomic E-state index is -0.518. The second-order valence-electron chi connectivity index (χ2n) is 9.63. The van der Waals surface area contributed by atoms with Gasteiger partial charge in [0.05, 0.1) is 11.1 Å². The van der Waals surface area contributed by atoms with Crippen LogP contribution in [0.25, 0.3) is 0 Å². The molecule has 1 atom stereocenters. The van der Waals surface area contributed by atoms with Crippen molar-refractivity contribution in [3.8, 4) is 0 Å². The Labute approximate surface area is 198 Å². The van der Waals surface area contributed by atoms with E-state index in [2.05, 4.69) is 97.3 Å². The molecule has 33 heavy (non-hydrogen) atoms. The molecule has 0 saturated heterocycles. The molecule has 1 unspecified atom stereocenters. The number of thiazole rings is 1. The summed E-state index contributed by atoms with van der Waals surface area (Å²) in [6.07, 6.45) is 1.59. The van der Waals surface area contributed by atoms with Gasteiger partial charge in [-0.15, -0.1) is 11.3 Å². The van der Waals surface area contributed by atoms with E-state index in [0.29, 0.717) is 5.13 Å². The number of hydrogen-bond donors (Lipinski definition) is 1. The highest BCUT2D eigenvalue weighted by atomic mass is 32.1. The summed E-state index contributed by atoms with van der Waals surface area (Å²) < 4.78 is 0. The first-order valence-corrected chi connectivity index (χ1v) is 12.4. The van der Waals surface area contributed by atoms with E-state index >= 15 is 0 Å². The highest BCUT2D eigenvalue weighted by Crippen LogP contribution is 2.61. The summed E-state index contributed by atoms with van der Waals surface area (Å²) in [6, 6.07) is 25.8. The maximum absolute atomic E-state index is 13.8. The minimum Gasteiger partial charge on any atom is -0.301 e. The third-order valence-electron chi connectivity index (χ3n) is 7.43. The van der Waals surface area contributed by atoms with Gasteiger partial charge in [-0.25, -0.2) is 4.98 Å². The maximum Gasteiger partial charge on any atom is 0.233 e. The van der Waals surface area contributed by atoms with Gasteiger partial charge in [-0.1, -0.05) is 78.4 Å². The van der Waals surface area contributed by atoms with Crippen LogP contribution in [0.1, 0.15) is 64.3 Å². The number of benzene rings is 3. The third-order valence-corrected chi connectivity index (χ3v) is 8.23. The Morgan fingerprint density at radius 3 is 2.21 bits per heavy atom. The van der Waals surface area contributed by atoms with Crippen molar-refractivity contribution in [1.82, 2.24) is 4.98 Å². The summed E-state index contributed by atoms with van der Waals surface area (Å²) in [6.45, 7) is 4.22. The van der Waals surface area contributed by atoms with E-state index < -0.39 is 5.41 Å². The molecule has 1 amide bonds. The number of amides is 1. The van der Waals surface area contributed by atoms with E-state index in [1.165, 1.54) is 44.7 Å². The van der Waals surface area contributed by atoms with Crippen molar-refractivity contribution in [2.75, 3.05) is 5.32 Å². The molecule has 3 aromatic carbocycles. The third kappa shape index (κ3) is 3.32. The monoisotopic (exact) mass is 450 g/mol. The highest BCUT2D eigenvalue weighted by molar-refractivity contribution is 7.13. The standard InChI is InChI=1S/C29H26N2OS/c1-18-11-13-19(14-12-18)15-20-17-33-28(30-20)31-27(32)29(2)16-25-21-7-3-5-9-23(21)26(29)24-10-6-4-8-22(24)25/h3-14,17,25-26H,15-16H2,1-2H3,(H,30,31,32). The molecular weight excluding hydrogens is 424 g/mol. The lowest BCUT2D eigenvalue weighted by Gasteiger charge is -2.50. The molecule has 0 fully saturated rings. The van der Waals surface area contributed by atoms with Crippen LogP contribution in [0.5, 0.6) is 0 Å². The van der Waals surface area contributed by atoms with E-state index in [4.69, 9.17) is 4.98 Å². The van der Waals surface area contributed by atoms with Crippen molar-refractivity contribution < 1.29 is 4.79 Å². The zero-order valence-electron chi connectivity index (χ0n) is 18.8. The molecule has 164 valence electrons. The summed E-state index contributed by atoms with van der Waals surface area (Å²) >= 11 is 1.51. The molecular formula is C29H26N2OS. The fourth-order valence-electron chi connectivity index (χ4n) is 5.79. The molecule has 3 aliphatic carbocycles. The quantitative estimate of drug-likeness (QED) is 0.377. The zero-order valence-corrected chi connectivity index (χ0v) is 19.7. The van der Waals surface area contributed by atoms with E-state index in [-0.39, 0.29) is 17.7 Å². The summed E-state index contributed by atoms with van der Waals surface area (Å²) in [4.78, 5) is 18.5. The Morgan fingerprint density at radius 1 is 0.970 bits per heavy atom. The van der Waals surface area contributed by atoms with Crippen LogP contribution < -0.4 is 5.32 Å². The van der Waals surface area contributed by atoms with Crippen LogP contribution in [-0.4, -0.2) is 10.9 Å². The Morgan fingerprint density at radius 2 is 1.58 bits per heavy atom. The molecule has 2 bridgehead atoms. The van der Waals surface area contributed by atoms with Crippen molar-refractivity contribution in [3.63, 3.8) is 0 Å². The molecule has 1 heterocycles. The SMILES string of the molecule is Cc1ccc(Cc2csc(NC(=O)C3(C)CC4c5ccccc5C3c3ccccc34)n2)cc1. The van der Waals surface area contributed by atoms with Crippen molar-refractivity contribution >= 4 is 22.4 Å². The Kier molecular flexibility index (Phi) is 4.73. The first-order valence-electron chi connectivity index (χ1n) is 11.5. The molecule has 0 radical (unpaired) electrons. The number of carbonyl (C=O) groups is 1. The maximum atomic E-state index is 13.8. The van der Waals surface area contributed by atoms with Gasteiger partial charge in [-0.3, -0.25) is 4.79 Å². The number of fused-ring (bicyclic) bond motifs is 1. The van der Waals surface area contributed by atoms with Gasteiger partial charge in [0, 0.05) is 23.6 Å². The number of carbonyl (C=O) groups excluding carboxylic acids is 1. The molecule has 3 aliphatic rings. The number of nitrogens with one attached hydrogen (secondary N) is 1. The number of rotatable bonds is 4. The normalized spacial score (nSPS) is 22.5. The Balaban J connectivity index is 1.28. The number of nitrogens with zero attached hydrogens (tertiary/aromatic N) is 1. The largest absolute Gasteiger partial charge is 0.301 e. The first-order chi connectivity index (χ1) is 16.0. The van der Waals surface area contributed by atoms with Gasteiger partial charge < -0.3 is 5.32 Å². The predicted octanol–water partition coefficient (Wildman–Crippen LogP) is 6.67.